The maximum absolute atomic E-state index is 13.2. The minimum absolute atomic E-state index is 0.0364. The number of aliphatic hydroxyl groups is 1. The summed E-state index contributed by atoms with van der Waals surface area (Å²) in [5.41, 5.74) is -1.32. The average Bonchev–Trinajstić information content (AvgIpc) is 2.42. The highest BCUT2D eigenvalue weighted by molar-refractivity contribution is 9.10. The Kier molecular flexibility index (Phi) is 4.88. The largest absolute Gasteiger partial charge is 0.418 e. The summed E-state index contributed by atoms with van der Waals surface area (Å²) in [5, 5.41) is 12.7. The highest BCUT2D eigenvalue weighted by Crippen LogP contribution is 2.40. The molecule has 0 radical (unpaired) electrons. The fourth-order valence-corrected chi connectivity index (χ4v) is 3.14. The number of halogens is 4. The molecule has 21 heavy (non-hydrogen) atoms. The van der Waals surface area contributed by atoms with Crippen LogP contribution in [0.2, 0.25) is 0 Å². The summed E-state index contributed by atoms with van der Waals surface area (Å²) in [4.78, 5) is 0. The lowest BCUT2D eigenvalue weighted by Gasteiger charge is -2.40. The monoisotopic (exact) mass is 365 g/mol. The molecule has 0 aromatic heterocycles. The first-order valence-electron chi connectivity index (χ1n) is 7.01. The lowest BCUT2D eigenvalue weighted by atomic mass is 9.77. The van der Waals surface area contributed by atoms with Gasteiger partial charge >= 0.3 is 6.18 Å². The zero-order valence-corrected chi connectivity index (χ0v) is 13.4. The normalized spacial score (nSPS) is 26.7. The van der Waals surface area contributed by atoms with Crippen molar-refractivity contribution in [1.29, 1.82) is 0 Å². The predicted molar refractivity (Wildman–Crippen MR) is 80.2 cm³/mol. The molecule has 2 rings (SSSR count). The van der Waals surface area contributed by atoms with Gasteiger partial charge < -0.3 is 10.4 Å². The number of nitrogens with one attached hydrogen (secondary N) is 1. The number of alkyl halides is 3. The SMILES string of the molecule is CC1CCC(CO)(Nc2ccc(Br)cc2C(F)(F)F)CC1. The molecule has 2 N–H and O–H groups in total. The maximum Gasteiger partial charge on any atom is 0.418 e. The van der Waals surface area contributed by atoms with Gasteiger partial charge in [-0.1, -0.05) is 22.9 Å². The van der Waals surface area contributed by atoms with Gasteiger partial charge in [-0.15, -0.1) is 0 Å². The van der Waals surface area contributed by atoms with Crippen molar-refractivity contribution in [3.8, 4) is 0 Å². The fourth-order valence-electron chi connectivity index (χ4n) is 2.78. The van der Waals surface area contributed by atoms with Gasteiger partial charge in [-0.3, -0.25) is 0 Å². The van der Waals surface area contributed by atoms with Gasteiger partial charge in [0.15, 0.2) is 0 Å². The van der Waals surface area contributed by atoms with E-state index in [0.717, 1.165) is 18.9 Å². The quantitative estimate of drug-likeness (QED) is 0.804. The van der Waals surface area contributed by atoms with Crippen molar-refractivity contribution >= 4 is 21.6 Å². The van der Waals surface area contributed by atoms with Crippen LogP contribution in [0.4, 0.5) is 18.9 Å². The summed E-state index contributed by atoms with van der Waals surface area (Å²) in [5.74, 6) is 0.554. The third kappa shape index (κ3) is 3.92. The van der Waals surface area contributed by atoms with Crippen LogP contribution >= 0.6 is 15.9 Å². The molecule has 0 spiro atoms. The van der Waals surface area contributed by atoms with Gasteiger partial charge in [0.25, 0.3) is 0 Å². The van der Waals surface area contributed by atoms with E-state index in [1.165, 1.54) is 6.07 Å². The van der Waals surface area contributed by atoms with E-state index >= 15 is 0 Å². The molecule has 1 saturated carbocycles. The van der Waals surface area contributed by atoms with E-state index in [-0.39, 0.29) is 12.3 Å². The lowest BCUT2D eigenvalue weighted by molar-refractivity contribution is -0.137. The van der Waals surface area contributed by atoms with E-state index in [9.17, 15) is 18.3 Å². The molecule has 118 valence electrons. The first kappa shape index (κ1) is 16.6. The van der Waals surface area contributed by atoms with Crippen LogP contribution in [0.15, 0.2) is 22.7 Å². The number of anilines is 1. The number of rotatable bonds is 3. The Balaban J connectivity index is 2.30. The second kappa shape index (κ2) is 6.16. The van der Waals surface area contributed by atoms with Gasteiger partial charge in [0.2, 0.25) is 0 Å². The van der Waals surface area contributed by atoms with Gasteiger partial charge in [-0.2, -0.15) is 13.2 Å². The summed E-state index contributed by atoms with van der Waals surface area (Å²) in [6, 6.07) is 4.06. The highest BCUT2D eigenvalue weighted by atomic mass is 79.9. The lowest BCUT2D eigenvalue weighted by Crippen LogP contribution is -2.45. The average molecular weight is 366 g/mol. The van der Waals surface area contributed by atoms with E-state index in [0.29, 0.717) is 23.2 Å². The Morgan fingerprint density at radius 1 is 1.33 bits per heavy atom. The minimum Gasteiger partial charge on any atom is -0.394 e. The van der Waals surface area contributed by atoms with Gasteiger partial charge in [0.1, 0.15) is 0 Å². The molecular formula is C15H19BrF3NO. The van der Waals surface area contributed by atoms with Crippen LogP contribution in [0.3, 0.4) is 0 Å². The van der Waals surface area contributed by atoms with Crippen molar-refractivity contribution in [2.45, 2.75) is 44.3 Å². The van der Waals surface area contributed by atoms with Crippen LogP contribution in [0.1, 0.15) is 38.2 Å². The van der Waals surface area contributed by atoms with Gasteiger partial charge in [0.05, 0.1) is 17.7 Å². The van der Waals surface area contributed by atoms with Crippen molar-refractivity contribution < 1.29 is 18.3 Å². The van der Waals surface area contributed by atoms with E-state index in [4.69, 9.17) is 0 Å². The van der Waals surface area contributed by atoms with Gasteiger partial charge in [-0.25, -0.2) is 0 Å². The van der Waals surface area contributed by atoms with Crippen LogP contribution < -0.4 is 5.32 Å². The third-order valence-electron chi connectivity index (χ3n) is 4.22. The van der Waals surface area contributed by atoms with Crippen LogP contribution in [-0.4, -0.2) is 17.3 Å². The molecule has 2 nitrogen and oxygen atoms in total. The Hall–Kier alpha value is -0.750. The topological polar surface area (TPSA) is 32.3 Å². The van der Waals surface area contributed by atoms with E-state index in [2.05, 4.69) is 28.2 Å². The Morgan fingerprint density at radius 2 is 1.95 bits per heavy atom. The Labute approximate surface area is 130 Å². The zero-order chi connectivity index (χ0) is 15.7. The van der Waals surface area contributed by atoms with E-state index in [1.807, 2.05) is 0 Å². The second-order valence-corrected chi connectivity index (χ2v) is 6.85. The number of hydrogen-bond acceptors (Lipinski definition) is 2. The molecule has 1 aromatic rings. The van der Waals surface area contributed by atoms with E-state index in [1.54, 1.807) is 6.07 Å². The maximum atomic E-state index is 13.2. The molecule has 0 aliphatic heterocycles. The molecule has 1 fully saturated rings. The van der Waals surface area contributed by atoms with Crippen LogP contribution in [0, 0.1) is 5.92 Å². The minimum atomic E-state index is -4.43. The molecule has 1 aromatic carbocycles. The molecule has 0 bridgehead atoms. The standard InChI is InChI=1S/C15H19BrF3NO/c1-10-4-6-14(9-21,7-5-10)20-13-3-2-11(16)8-12(13)15(17,18)19/h2-3,8,10,20-21H,4-7,9H2,1H3. The molecule has 0 atom stereocenters. The summed E-state index contributed by atoms with van der Waals surface area (Å²) in [6.45, 7) is 1.97. The van der Waals surface area contributed by atoms with Crippen LogP contribution in [0.25, 0.3) is 0 Å². The Morgan fingerprint density at radius 3 is 2.48 bits per heavy atom. The number of aliphatic hydroxyl groups excluding tert-OH is 1. The first-order chi connectivity index (χ1) is 9.76. The number of hydrogen-bond donors (Lipinski definition) is 2. The molecule has 0 amide bonds. The van der Waals surface area contributed by atoms with Crippen molar-refractivity contribution in [3.05, 3.63) is 28.2 Å². The molecule has 1 aliphatic carbocycles. The first-order valence-corrected chi connectivity index (χ1v) is 7.81. The molecule has 6 heteroatoms. The third-order valence-corrected chi connectivity index (χ3v) is 4.71. The summed E-state index contributed by atoms with van der Waals surface area (Å²) < 4.78 is 39.8. The van der Waals surface area contributed by atoms with E-state index < -0.39 is 17.3 Å². The number of benzene rings is 1. The van der Waals surface area contributed by atoms with Crippen molar-refractivity contribution in [1.82, 2.24) is 0 Å². The molecule has 0 heterocycles. The summed E-state index contributed by atoms with van der Waals surface area (Å²) in [7, 11) is 0. The molecule has 1 aliphatic rings. The molecule has 0 saturated heterocycles. The fraction of sp³-hybridized carbons (Fsp3) is 0.600. The van der Waals surface area contributed by atoms with Crippen molar-refractivity contribution in [2.24, 2.45) is 5.92 Å². The van der Waals surface area contributed by atoms with Crippen molar-refractivity contribution in [3.63, 3.8) is 0 Å². The van der Waals surface area contributed by atoms with Gasteiger partial charge in [0, 0.05) is 10.2 Å². The van der Waals surface area contributed by atoms with Crippen LogP contribution in [0.5, 0.6) is 0 Å². The molecular weight excluding hydrogens is 347 g/mol. The zero-order valence-electron chi connectivity index (χ0n) is 11.8. The predicted octanol–water partition coefficient (Wildman–Crippen LogP) is 4.82. The highest BCUT2D eigenvalue weighted by Gasteiger charge is 2.38. The second-order valence-electron chi connectivity index (χ2n) is 5.93. The van der Waals surface area contributed by atoms with Crippen LogP contribution in [-0.2, 0) is 6.18 Å². The smallest absolute Gasteiger partial charge is 0.394 e. The Bertz CT molecular complexity index is 496. The van der Waals surface area contributed by atoms with Gasteiger partial charge in [-0.05, 0) is 49.8 Å². The van der Waals surface area contributed by atoms with Crippen molar-refractivity contribution in [2.75, 3.05) is 11.9 Å². The molecule has 0 unspecified atom stereocenters. The summed E-state index contributed by atoms with van der Waals surface area (Å²) >= 11 is 3.08. The summed E-state index contributed by atoms with van der Waals surface area (Å²) in [6.07, 6.45) is -1.25.